The molecule has 1 aliphatic rings. The fraction of sp³-hybridized carbons (Fsp3) is 0.269. The second-order valence-electron chi connectivity index (χ2n) is 8.62. The molecule has 0 bridgehead atoms. The van der Waals surface area contributed by atoms with E-state index in [4.69, 9.17) is 0 Å². The van der Waals surface area contributed by atoms with Crippen molar-refractivity contribution in [2.75, 3.05) is 26.2 Å². The number of hydrogen-bond donors (Lipinski definition) is 1. The van der Waals surface area contributed by atoms with Crippen molar-refractivity contribution in [1.29, 1.82) is 0 Å². The van der Waals surface area contributed by atoms with E-state index in [0.717, 1.165) is 22.5 Å². The van der Waals surface area contributed by atoms with Crippen LogP contribution < -0.4 is 5.32 Å². The molecule has 3 amide bonds. The number of amides is 3. The summed E-state index contributed by atoms with van der Waals surface area (Å²) in [5, 5.41) is 2.36. The van der Waals surface area contributed by atoms with Gasteiger partial charge < -0.3 is 15.1 Å². The number of hydrogen-bond acceptors (Lipinski definition) is 6. The summed E-state index contributed by atoms with van der Waals surface area (Å²) in [6, 6.07) is 16.7. The van der Waals surface area contributed by atoms with E-state index in [1.807, 2.05) is 26.0 Å². The van der Waals surface area contributed by atoms with E-state index in [0.29, 0.717) is 10.4 Å². The number of carbonyl (C=O) groups is 3. The Labute approximate surface area is 214 Å². The fourth-order valence-electron chi connectivity index (χ4n) is 4.01. The summed E-state index contributed by atoms with van der Waals surface area (Å²) < 4.78 is 27.0. The molecule has 1 aromatic heterocycles. The van der Waals surface area contributed by atoms with Crippen LogP contribution in [0.5, 0.6) is 0 Å². The number of sulfone groups is 1. The third-order valence-electron chi connectivity index (χ3n) is 6.15. The summed E-state index contributed by atoms with van der Waals surface area (Å²) in [6.45, 7) is 4.53. The molecular weight excluding hydrogens is 498 g/mol. The van der Waals surface area contributed by atoms with Gasteiger partial charge in [-0.3, -0.25) is 14.4 Å². The molecule has 8 nitrogen and oxygen atoms in total. The van der Waals surface area contributed by atoms with Gasteiger partial charge in [-0.05, 0) is 49.1 Å². The molecule has 10 heteroatoms. The maximum Gasteiger partial charge on any atom is 0.262 e. The lowest BCUT2D eigenvalue weighted by Crippen LogP contribution is -2.57. The zero-order valence-electron chi connectivity index (χ0n) is 20.0. The highest BCUT2D eigenvalue weighted by molar-refractivity contribution is 7.92. The number of aryl methyl sites for hydroxylation is 2. The summed E-state index contributed by atoms with van der Waals surface area (Å²) in [5.41, 5.74) is 2.33. The van der Waals surface area contributed by atoms with E-state index in [2.05, 4.69) is 5.32 Å². The average Bonchev–Trinajstić information content (AvgIpc) is 3.42. The van der Waals surface area contributed by atoms with Crippen LogP contribution >= 0.6 is 11.3 Å². The minimum absolute atomic E-state index is 0.0497. The quantitative estimate of drug-likeness (QED) is 0.533. The highest BCUT2D eigenvalue weighted by Crippen LogP contribution is 2.20. The van der Waals surface area contributed by atoms with Gasteiger partial charge in [0.05, 0.1) is 9.77 Å². The van der Waals surface area contributed by atoms with E-state index in [9.17, 15) is 22.8 Å². The highest BCUT2D eigenvalue weighted by Gasteiger charge is 2.39. The maximum atomic E-state index is 13.5. The lowest BCUT2D eigenvalue weighted by atomic mass is 10.1. The van der Waals surface area contributed by atoms with Crippen LogP contribution in [0.4, 0.5) is 0 Å². The van der Waals surface area contributed by atoms with Gasteiger partial charge in [-0.1, -0.05) is 42.0 Å². The van der Waals surface area contributed by atoms with Gasteiger partial charge in [-0.2, -0.15) is 0 Å². The highest BCUT2D eigenvalue weighted by atomic mass is 32.2. The van der Waals surface area contributed by atoms with Gasteiger partial charge in [-0.25, -0.2) is 8.42 Å². The van der Waals surface area contributed by atoms with E-state index >= 15 is 0 Å². The SMILES string of the molecule is Cc1ccc(S(=O)(=O)[C@@H](NC(=O)c2cccs2)C(=O)N2CCN(C(=O)c3ccccc3C)CC2)cc1. The van der Waals surface area contributed by atoms with Crippen LogP contribution in [0.25, 0.3) is 0 Å². The Hall–Kier alpha value is -3.50. The van der Waals surface area contributed by atoms with Crippen molar-refractivity contribution >= 4 is 38.9 Å². The second kappa shape index (κ2) is 10.6. The van der Waals surface area contributed by atoms with Crippen molar-refractivity contribution in [3.63, 3.8) is 0 Å². The molecule has 0 radical (unpaired) electrons. The molecule has 36 heavy (non-hydrogen) atoms. The van der Waals surface area contributed by atoms with E-state index in [1.54, 1.807) is 46.7 Å². The summed E-state index contributed by atoms with van der Waals surface area (Å²) >= 11 is 1.16. The number of nitrogens with one attached hydrogen (secondary N) is 1. The van der Waals surface area contributed by atoms with Gasteiger partial charge in [-0.15, -0.1) is 11.3 Å². The van der Waals surface area contributed by atoms with Gasteiger partial charge in [0.15, 0.2) is 0 Å². The Bertz CT molecular complexity index is 1360. The van der Waals surface area contributed by atoms with Crippen molar-refractivity contribution in [2.45, 2.75) is 24.1 Å². The second-order valence-corrected chi connectivity index (χ2v) is 11.6. The number of rotatable bonds is 6. The third-order valence-corrected chi connectivity index (χ3v) is 8.88. The van der Waals surface area contributed by atoms with E-state index < -0.39 is 27.0 Å². The van der Waals surface area contributed by atoms with Crippen LogP contribution in [0.15, 0.2) is 70.9 Å². The van der Waals surface area contributed by atoms with E-state index in [-0.39, 0.29) is 37.0 Å². The Morgan fingerprint density at radius 1 is 0.861 bits per heavy atom. The van der Waals surface area contributed by atoms with Crippen molar-refractivity contribution in [2.24, 2.45) is 0 Å². The molecule has 3 aromatic rings. The van der Waals surface area contributed by atoms with Crippen LogP contribution in [-0.4, -0.2) is 67.5 Å². The topological polar surface area (TPSA) is 104 Å². The molecule has 1 N–H and O–H groups in total. The van der Waals surface area contributed by atoms with Gasteiger partial charge in [0.2, 0.25) is 15.2 Å². The van der Waals surface area contributed by atoms with Gasteiger partial charge in [0, 0.05) is 31.7 Å². The van der Waals surface area contributed by atoms with Crippen LogP contribution in [0.1, 0.15) is 31.2 Å². The van der Waals surface area contributed by atoms with E-state index in [1.165, 1.54) is 17.0 Å². The molecule has 1 atom stereocenters. The van der Waals surface area contributed by atoms with Crippen molar-refractivity contribution in [1.82, 2.24) is 15.1 Å². The summed E-state index contributed by atoms with van der Waals surface area (Å²) in [5.74, 6) is -1.48. The van der Waals surface area contributed by atoms with Crippen LogP contribution in [0.3, 0.4) is 0 Å². The lowest BCUT2D eigenvalue weighted by molar-refractivity contribution is -0.132. The minimum atomic E-state index is -4.23. The smallest absolute Gasteiger partial charge is 0.262 e. The fourth-order valence-corrected chi connectivity index (χ4v) is 6.10. The molecule has 1 aliphatic heterocycles. The Morgan fingerprint density at radius 2 is 1.50 bits per heavy atom. The molecule has 2 aromatic carbocycles. The Balaban J connectivity index is 1.54. The molecule has 0 aliphatic carbocycles. The molecule has 0 saturated carbocycles. The minimum Gasteiger partial charge on any atom is -0.336 e. The molecule has 1 fully saturated rings. The predicted molar refractivity (Wildman–Crippen MR) is 138 cm³/mol. The maximum absolute atomic E-state index is 13.5. The molecule has 1 saturated heterocycles. The monoisotopic (exact) mass is 525 g/mol. The first-order valence-electron chi connectivity index (χ1n) is 11.5. The number of benzene rings is 2. The van der Waals surface area contributed by atoms with Crippen molar-refractivity contribution in [3.05, 3.63) is 87.6 Å². The molecule has 188 valence electrons. The van der Waals surface area contributed by atoms with Gasteiger partial charge in [0.25, 0.3) is 17.7 Å². The third kappa shape index (κ3) is 5.34. The average molecular weight is 526 g/mol. The number of thiophene rings is 1. The molecule has 0 unspecified atom stereocenters. The summed E-state index contributed by atoms with van der Waals surface area (Å²) in [4.78, 5) is 42.6. The van der Waals surface area contributed by atoms with Gasteiger partial charge >= 0.3 is 0 Å². The first kappa shape index (κ1) is 25.6. The molecule has 2 heterocycles. The van der Waals surface area contributed by atoms with Crippen LogP contribution in [-0.2, 0) is 14.6 Å². The number of carbonyl (C=O) groups excluding carboxylic acids is 3. The lowest BCUT2D eigenvalue weighted by Gasteiger charge is -2.36. The Morgan fingerprint density at radius 3 is 2.11 bits per heavy atom. The summed E-state index contributed by atoms with van der Waals surface area (Å²) in [7, 11) is -4.23. The first-order chi connectivity index (χ1) is 17.2. The first-order valence-corrected chi connectivity index (χ1v) is 13.9. The molecule has 4 rings (SSSR count). The number of piperazine rings is 1. The van der Waals surface area contributed by atoms with Crippen molar-refractivity contribution in [3.8, 4) is 0 Å². The zero-order valence-corrected chi connectivity index (χ0v) is 21.6. The predicted octanol–water partition coefficient (Wildman–Crippen LogP) is 2.88. The summed E-state index contributed by atoms with van der Waals surface area (Å²) in [6.07, 6.45) is 0. The normalized spacial score (nSPS) is 14.8. The van der Waals surface area contributed by atoms with Crippen LogP contribution in [0, 0.1) is 13.8 Å². The number of nitrogens with zero attached hydrogens (tertiary/aromatic N) is 2. The van der Waals surface area contributed by atoms with Crippen LogP contribution in [0.2, 0.25) is 0 Å². The van der Waals surface area contributed by atoms with Gasteiger partial charge in [0.1, 0.15) is 0 Å². The Kier molecular flexibility index (Phi) is 7.56. The van der Waals surface area contributed by atoms with Crippen molar-refractivity contribution < 1.29 is 22.8 Å². The zero-order chi connectivity index (χ0) is 25.9. The standard InChI is InChI=1S/C26H27N3O5S2/c1-18-9-11-20(12-10-18)36(33,34)24(27-23(30)22-8-5-17-35-22)26(32)29-15-13-28(14-16-29)25(31)21-7-4-3-6-19(21)2/h3-12,17,24H,13-16H2,1-2H3,(H,27,30)/t24-/m1/s1. The molecular formula is C26H27N3O5S2. The molecule has 0 spiro atoms. The largest absolute Gasteiger partial charge is 0.336 e.